The molecule has 0 saturated heterocycles. The van der Waals surface area contributed by atoms with Crippen LogP contribution in [-0.4, -0.2) is 45.8 Å². The SMILES string of the molecule is CCN(CCCO)C(=O)c1cn[nH]c1-c1ccccc1. The normalized spacial score (nSPS) is 10.5. The van der Waals surface area contributed by atoms with Crippen LogP contribution >= 0.6 is 0 Å². The molecule has 0 radical (unpaired) electrons. The van der Waals surface area contributed by atoms with Crippen LogP contribution < -0.4 is 0 Å². The van der Waals surface area contributed by atoms with E-state index < -0.39 is 0 Å². The van der Waals surface area contributed by atoms with Gasteiger partial charge in [0, 0.05) is 25.3 Å². The third-order valence-electron chi connectivity index (χ3n) is 3.19. The van der Waals surface area contributed by atoms with Gasteiger partial charge in [0.05, 0.1) is 17.5 Å². The van der Waals surface area contributed by atoms with Crippen molar-refractivity contribution in [1.29, 1.82) is 0 Å². The molecule has 0 bridgehead atoms. The van der Waals surface area contributed by atoms with Crippen molar-refractivity contribution in [3.05, 3.63) is 42.1 Å². The highest BCUT2D eigenvalue weighted by molar-refractivity contribution is 5.99. The summed E-state index contributed by atoms with van der Waals surface area (Å²) in [7, 11) is 0. The highest BCUT2D eigenvalue weighted by atomic mass is 16.3. The van der Waals surface area contributed by atoms with Gasteiger partial charge in [0.25, 0.3) is 5.91 Å². The average molecular weight is 273 g/mol. The molecule has 1 heterocycles. The summed E-state index contributed by atoms with van der Waals surface area (Å²) in [5.41, 5.74) is 2.24. The summed E-state index contributed by atoms with van der Waals surface area (Å²) in [6.07, 6.45) is 2.14. The maximum atomic E-state index is 12.5. The summed E-state index contributed by atoms with van der Waals surface area (Å²) < 4.78 is 0. The number of aliphatic hydroxyl groups excluding tert-OH is 1. The van der Waals surface area contributed by atoms with Crippen molar-refractivity contribution >= 4 is 5.91 Å². The molecule has 1 aromatic carbocycles. The van der Waals surface area contributed by atoms with E-state index in [1.807, 2.05) is 37.3 Å². The van der Waals surface area contributed by atoms with Crippen LogP contribution in [0.5, 0.6) is 0 Å². The lowest BCUT2D eigenvalue weighted by molar-refractivity contribution is 0.0755. The van der Waals surface area contributed by atoms with Crippen molar-refractivity contribution in [3.63, 3.8) is 0 Å². The number of carbonyl (C=O) groups excluding carboxylic acids is 1. The minimum atomic E-state index is -0.0615. The van der Waals surface area contributed by atoms with Crippen molar-refractivity contribution in [2.45, 2.75) is 13.3 Å². The lowest BCUT2D eigenvalue weighted by Crippen LogP contribution is -2.32. The number of hydrogen-bond acceptors (Lipinski definition) is 3. The number of nitrogens with one attached hydrogen (secondary N) is 1. The average Bonchev–Trinajstić information content (AvgIpc) is 2.98. The lowest BCUT2D eigenvalue weighted by Gasteiger charge is -2.20. The monoisotopic (exact) mass is 273 g/mol. The fourth-order valence-corrected chi connectivity index (χ4v) is 2.11. The van der Waals surface area contributed by atoms with Crippen molar-refractivity contribution < 1.29 is 9.90 Å². The highest BCUT2D eigenvalue weighted by Crippen LogP contribution is 2.21. The van der Waals surface area contributed by atoms with Crippen LogP contribution in [0.4, 0.5) is 0 Å². The van der Waals surface area contributed by atoms with Crippen molar-refractivity contribution in [3.8, 4) is 11.3 Å². The van der Waals surface area contributed by atoms with Gasteiger partial charge in [0.2, 0.25) is 0 Å². The molecule has 106 valence electrons. The predicted molar refractivity (Wildman–Crippen MR) is 77.3 cm³/mol. The molecule has 2 aromatic rings. The van der Waals surface area contributed by atoms with Crippen molar-refractivity contribution in [2.75, 3.05) is 19.7 Å². The minimum Gasteiger partial charge on any atom is -0.396 e. The standard InChI is InChI=1S/C15H19N3O2/c1-2-18(9-6-10-19)15(20)13-11-16-17-14(13)12-7-4-3-5-8-12/h3-5,7-8,11,19H,2,6,9-10H2,1H3,(H,16,17). The Morgan fingerprint density at radius 1 is 1.35 bits per heavy atom. The summed E-state index contributed by atoms with van der Waals surface area (Å²) in [6.45, 7) is 3.17. The minimum absolute atomic E-state index is 0.0615. The Hall–Kier alpha value is -2.14. The number of aliphatic hydroxyl groups is 1. The Kier molecular flexibility index (Phi) is 4.90. The van der Waals surface area contributed by atoms with E-state index in [1.165, 1.54) is 0 Å². The fraction of sp³-hybridized carbons (Fsp3) is 0.333. The predicted octanol–water partition coefficient (Wildman–Crippen LogP) is 1.92. The van der Waals surface area contributed by atoms with Gasteiger partial charge in [-0.05, 0) is 13.3 Å². The second-order valence-electron chi connectivity index (χ2n) is 4.49. The van der Waals surface area contributed by atoms with E-state index in [0.29, 0.717) is 25.1 Å². The molecule has 5 heteroatoms. The smallest absolute Gasteiger partial charge is 0.257 e. The molecule has 0 spiro atoms. The maximum absolute atomic E-state index is 12.5. The molecule has 0 aliphatic heterocycles. The Morgan fingerprint density at radius 3 is 2.75 bits per heavy atom. The van der Waals surface area contributed by atoms with Crippen molar-refractivity contribution in [2.24, 2.45) is 0 Å². The number of rotatable bonds is 6. The van der Waals surface area contributed by atoms with Gasteiger partial charge >= 0.3 is 0 Å². The molecular weight excluding hydrogens is 254 g/mol. The third-order valence-corrected chi connectivity index (χ3v) is 3.19. The van der Waals surface area contributed by atoms with Gasteiger partial charge in [0.15, 0.2) is 0 Å². The zero-order valence-electron chi connectivity index (χ0n) is 11.5. The molecular formula is C15H19N3O2. The molecule has 0 saturated carbocycles. The van der Waals surface area contributed by atoms with E-state index in [-0.39, 0.29) is 12.5 Å². The molecule has 1 aromatic heterocycles. The van der Waals surface area contributed by atoms with E-state index in [4.69, 9.17) is 5.11 Å². The lowest BCUT2D eigenvalue weighted by atomic mass is 10.1. The first-order chi connectivity index (χ1) is 9.77. The molecule has 0 atom stereocenters. The number of aromatic nitrogens is 2. The Bertz CT molecular complexity index is 551. The van der Waals surface area contributed by atoms with E-state index in [2.05, 4.69) is 10.2 Å². The Balaban J connectivity index is 2.25. The molecule has 0 unspecified atom stereocenters. The van der Waals surface area contributed by atoms with Crippen LogP contribution in [0.1, 0.15) is 23.7 Å². The van der Waals surface area contributed by atoms with Gasteiger partial charge in [-0.15, -0.1) is 0 Å². The van der Waals surface area contributed by atoms with Crippen LogP contribution in [0.15, 0.2) is 36.5 Å². The van der Waals surface area contributed by atoms with E-state index in [1.54, 1.807) is 11.1 Å². The number of hydrogen-bond donors (Lipinski definition) is 2. The molecule has 2 N–H and O–H groups in total. The Labute approximate surface area is 118 Å². The van der Waals surface area contributed by atoms with Gasteiger partial charge in [-0.25, -0.2) is 0 Å². The first-order valence-electron chi connectivity index (χ1n) is 6.76. The molecule has 20 heavy (non-hydrogen) atoms. The zero-order valence-corrected chi connectivity index (χ0v) is 11.5. The zero-order chi connectivity index (χ0) is 14.4. The van der Waals surface area contributed by atoms with E-state index >= 15 is 0 Å². The summed E-state index contributed by atoms with van der Waals surface area (Å²) in [5, 5.41) is 15.8. The topological polar surface area (TPSA) is 69.2 Å². The molecule has 2 rings (SSSR count). The fourth-order valence-electron chi connectivity index (χ4n) is 2.11. The summed E-state index contributed by atoms with van der Waals surface area (Å²) in [6, 6.07) is 9.66. The second-order valence-corrected chi connectivity index (χ2v) is 4.49. The molecule has 0 aliphatic rings. The molecule has 0 aliphatic carbocycles. The van der Waals surface area contributed by atoms with Gasteiger partial charge in [-0.3, -0.25) is 9.89 Å². The third kappa shape index (κ3) is 3.05. The second kappa shape index (κ2) is 6.86. The van der Waals surface area contributed by atoms with E-state index in [9.17, 15) is 4.79 Å². The van der Waals surface area contributed by atoms with E-state index in [0.717, 1.165) is 11.3 Å². The van der Waals surface area contributed by atoms with Gasteiger partial charge in [-0.1, -0.05) is 30.3 Å². The maximum Gasteiger partial charge on any atom is 0.257 e. The summed E-state index contributed by atoms with van der Waals surface area (Å²) in [5.74, 6) is -0.0615. The van der Waals surface area contributed by atoms with Crippen LogP contribution in [-0.2, 0) is 0 Å². The summed E-state index contributed by atoms with van der Waals surface area (Å²) in [4.78, 5) is 14.2. The van der Waals surface area contributed by atoms with Crippen LogP contribution in [0.3, 0.4) is 0 Å². The first-order valence-corrected chi connectivity index (χ1v) is 6.76. The van der Waals surface area contributed by atoms with Gasteiger partial charge < -0.3 is 10.0 Å². The van der Waals surface area contributed by atoms with Gasteiger partial charge in [0.1, 0.15) is 0 Å². The molecule has 1 amide bonds. The van der Waals surface area contributed by atoms with Crippen LogP contribution in [0.2, 0.25) is 0 Å². The molecule has 5 nitrogen and oxygen atoms in total. The van der Waals surface area contributed by atoms with Crippen LogP contribution in [0, 0.1) is 0 Å². The van der Waals surface area contributed by atoms with Crippen molar-refractivity contribution in [1.82, 2.24) is 15.1 Å². The molecule has 0 fully saturated rings. The first kappa shape index (κ1) is 14.3. The Morgan fingerprint density at radius 2 is 2.10 bits per heavy atom. The number of benzene rings is 1. The number of amides is 1. The quantitative estimate of drug-likeness (QED) is 0.845. The highest BCUT2D eigenvalue weighted by Gasteiger charge is 2.19. The van der Waals surface area contributed by atoms with Crippen LogP contribution in [0.25, 0.3) is 11.3 Å². The number of H-pyrrole nitrogens is 1. The number of nitrogens with zero attached hydrogens (tertiary/aromatic N) is 2. The summed E-state index contributed by atoms with van der Waals surface area (Å²) >= 11 is 0. The largest absolute Gasteiger partial charge is 0.396 e. The number of aromatic amines is 1. The number of carbonyl (C=O) groups is 1. The van der Waals surface area contributed by atoms with Gasteiger partial charge in [-0.2, -0.15) is 5.10 Å².